The monoisotopic (exact) mass is 700 g/mol. The second-order valence-corrected chi connectivity index (χ2v) is 15.7. The van der Waals surface area contributed by atoms with E-state index >= 15 is 0 Å². The fourth-order valence-electron chi connectivity index (χ4n) is 7.97. The van der Waals surface area contributed by atoms with Crippen LogP contribution < -0.4 is 9.64 Å². The van der Waals surface area contributed by atoms with Gasteiger partial charge in [0.05, 0.1) is 31.2 Å². The van der Waals surface area contributed by atoms with Crippen molar-refractivity contribution in [3.05, 3.63) is 54.2 Å². The Kier molecular flexibility index (Phi) is 11.6. The number of pyridine rings is 2. The molecule has 2 amide bonds. The molecule has 3 aromatic heterocycles. The maximum absolute atomic E-state index is 14.5. The Bertz CT molecular complexity index is 1630. The topological polar surface area (TPSA) is 123 Å². The van der Waals surface area contributed by atoms with Gasteiger partial charge >= 0.3 is 6.09 Å². The number of ether oxygens (including phenoxy) is 2. The van der Waals surface area contributed by atoms with Gasteiger partial charge in [-0.25, -0.2) is 9.78 Å². The number of carbonyl (C=O) groups excluding carboxylic acids is 2. The van der Waals surface area contributed by atoms with Crippen molar-refractivity contribution in [1.29, 1.82) is 0 Å². The summed E-state index contributed by atoms with van der Waals surface area (Å²) in [5.41, 5.74) is 3.34. The number of aryl methyl sites for hydroxylation is 1. The van der Waals surface area contributed by atoms with E-state index in [1.54, 1.807) is 18.2 Å². The number of piperidine rings is 1. The smallest absolute Gasteiger partial charge is 0.409 e. The number of rotatable bonds is 10. The van der Waals surface area contributed by atoms with Crippen LogP contribution >= 0.6 is 0 Å². The minimum atomic E-state index is -0.712. The Morgan fingerprint density at radius 2 is 1.71 bits per heavy atom. The lowest BCUT2D eigenvalue weighted by molar-refractivity contribution is -0.124. The summed E-state index contributed by atoms with van der Waals surface area (Å²) < 4.78 is 13.1. The Balaban J connectivity index is 1.11. The molecule has 1 N–H and O–H groups in total. The van der Waals surface area contributed by atoms with E-state index in [2.05, 4.69) is 31.2 Å². The van der Waals surface area contributed by atoms with Gasteiger partial charge in [0.25, 0.3) is 0 Å². The predicted octanol–water partition coefficient (Wildman–Crippen LogP) is 7.33. The third-order valence-corrected chi connectivity index (χ3v) is 11.5. The van der Waals surface area contributed by atoms with Crippen LogP contribution in [0.2, 0.25) is 0 Å². The van der Waals surface area contributed by atoms with Crippen LogP contribution in [0, 0.1) is 24.7 Å². The summed E-state index contributed by atoms with van der Waals surface area (Å²) in [6.07, 6.45) is 13.9. The van der Waals surface area contributed by atoms with Gasteiger partial charge < -0.3 is 19.5 Å². The van der Waals surface area contributed by atoms with E-state index in [-0.39, 0.29) is 29.9 Å². The van der Waals surface area contributed by atoms with Crippen LogP contribution in [-0.2, 0) is 9.53 Å². The zero-order valence-corrected chi connectivity index (χ0v) is 31.1. The highest BCUT2D eigenvalue weighted by Crippen LogP contribution is 2.38. The first kappa shape index (κ1) is 36.8. The largest absolute Gasteiger partial charge is 0.495 e. The van der Waals surface area contributed by atoms with Gasteiger partial charge in [-0.3, -0.25) is 19.4 Å². The van der Waals surface area contributed by atoms with Crippen molar-refractivity contribution in [1.82, 2.24) is 24.6 Å². The Hall–Kier alpha value is -3.99. The molecule has 276 valence electrons. The predicted molar refractivity (Wildman–Crippen MR) is 197 cm³/mol. The van der Waals surface area contributed by atoms with Gasteiger partial charge in [-0.1, -0.05) is 0 Å². The number of carbonyl (C=O) groups is 2. The molecule has 1 saturated heterocycles. The van der Waals surface area contributed by atoms with Gasteiger partial charge in [0.1, 0.15) is 11.6 Å². The van der Waals surface area contributed by atoms with Gasteiger partial charge in [-0.2, -0.15) is 5.10 Å². The van der Waals surface area contributed by atoms with Crippen LogP contribution in [-0.4, -0.2) is 80.7 Å². The molecule has 0 bridgehead atoms. The molecule has 3 aliphatic rings. The van der Waals surface area contributed by atoms with Crippen molar-refractivity contribution < 1.29 is 24.2 Å². The number of likely N-dealkylation sites (tertiary alicyclic amines) is 1. The SMILES string of the molecule is COc1ccc(C2CCC(CN(C(=O)C3CCC(COC(=O)N4CCC(C)(O)CC4)CC3)c3cc(-c4cnn(C(C)C)c4)ccn3)CC2)nc1C. The molecule has 0 aromatic carbocycles. The molecule has 3 fully saturated rings. The van der Waals surface area contributed by atoms with Crippen molar-refractivity contribution in [3.8, 4) is 16.9 Å². The number of aromatic nitrogens is 4. The first-order valence-corrected chi connectivity index (χ1v) is 19.0. The van der Waals surface area contributed by atoms with E-state index in [0.29, 0.717) is 56.7 Å². The number of methoxy groups -OCH3 is 1. The Labute approximate surface area is 302 Å². The van der Waals surface area contributed by atoms with Crippen LogP contribution in [0.25, 0.3) is 11.1 Å². The lowest BCUT2D eigenvalue weighted by Gasteiger charge is -2.36. The molecule has 6 rings (SSSR count). The molecular weight excluding hydrogens is 644 g/mol. The maximum atomic E-state index is 14.5. The lowest BCUT2D eigenvalue weighted by atomic mass is 9.79. The summed E-state index contributed by atoms with van der Waals surface area (Å²) in [5, 5.41) is 14.8. The maximum Gasteiger partial charge on any atom is 0.409 e. The summed E-state index contributed by atoms with van der Waals surface area (Å²) in [6, 6.07) is 8.40. The van der Waals surface area contributed by atoms with Crippen molar-refractivity contribution in [2.45, 2.75) is 109 Å². The Morgan fingerprint density at radius 3 is 2.35 bits per heavy atom. The van der Waals surface area contributed by atoms with Crippen molar-refractivity contribution in [3.63, 3.8) is 0 Å². The van der Waals surface area contributed by atoms with Crippen LogP contribution in [0.5, 0.6) is 5.75 Å². The van der Waals surface area contributed by atoms with Crippen LogP contribution in [0.3, 0.4) is 0 Å². The van der Waals surface area contributed by atoms with Crippen molar-refractivity contribution in [2.24, 2.45) is 17.8 Å². The number of hydrogen-bond acceptors (Lipinski definition) is 8. The zero-order chi connectivity index (χ0) is 36.1. The summed E-state index contributed by atoms with van der Waals surface area (Å²) in [4.78, 5) is 40.5. The molecular formula is C40H56N6O5. The van der Waals surface area contributed by atoms with Crippen molar-refractivity contribution in [2.75, 3.05) is 38.3 Å². The van der Waals surface area contributed by atoms with Crippen LogP contribution in [0.15, 0.2) is 42.9 Å². The third kappa shape index (κ3) is 9.09. The number of hydrogen-bond donors (Lipinski definition) is 1. The molecule has 11 heteroatoms. The molecule has 0 radical (unpaired) electrons. The fourth-order valence-corrected chi connectivity index (χ4v) is 7.97. The van der Waals surface area contributed by atoms with Crippen LogP contribution in [0.4, 0.5) is 10.6 Å². The minimum absolute atomic E-state index is 0.0989. The second kappa shape index (κ2) is 16.1. The van der Waals surface area contributed by atoms with E-state index in [1.165, 1.54) is 0 Å². The number of aliphatic hydroxyl groups is 1. The van der Waals surface area contributed by atoms with Crippen molar-refractivity contribution >= 4 is 17.8 Å². The van der Waals surface area contributed by atoms with Crippen LogP contribution in [0.1, 0.15) is 108 Å². The van der Waals surface area contributed by atoms with Gasteiger partial charge in [-0.15, -0.1) is 0 Å². The lowest BCUT2D eigenvalue weighted by Crippen LogP contribution is -2.45. The highest BCUT2D eigenvalue weighted by molar-refractivity contribution is 5.94. The summed E-state index contributed by atoms with van der Waals surface area (Å²) in [6.45, 7) is 10.1. The number of amides is 2. The molecule has 0 atom stereocenters. The highest BCUT2D eigenvalue weighted by Gasteiger charge is 2.35. The summed E-state index contributed by atoms with van der Waals surface area (Å²) in [5.74, 6) is 2.57. The molecule has 1 aliphatic heterocycles. The van der Waals surface area contributed by atoms with E-state index in [9.17, 15) is 14.7 Å². The van der Waals surface area contributed by atoms with E-state index in [0.717, 1.165) is 79.6 Å². The fraction of sp³-hybridized carbons (Fsp3) is 0.625. The summed E-state index contributed by atoms with van der Waals surface area (Å²) >= 11 is 0. The standard InChI is InChI=1S/C40H56N6O5/c1-27(2)46-25-34(23-42-46)33-16-19-41-37(22-33)45(24-29-6-10-31(11-7-29)35-14-15-36(50-5)28(3)43-35)38(47)32-12-8-30(9-13-32)26-51-39(48)44-20-17-40(4,49)18-21-44/h14-16,19,22-23,25,27,29-32,49H,6-13,17-18,20-21,24,26H2,1-5H3. The zero-order valence-electron chi connectivity index (χ0n) is 31.1. The van der Waals surface area contributed by atoms with Gasteiger partial charge in [-0.05, 0) is 134 Å². The molecule has 11 nitrogen and oxygen atoms in total. The number of nitrogens with zero attached hydrogens (tertiary/aromatic N) is 6. The minimum Gasteiger partial charge on any atom is -0.495 e. The highest BCUT2D eigenvalue weighted by atomic mass is 16.6. The second-order valence-electron chi connectivity index (χ2n) is 15.7. The molecule has 0 spiro atoms. The molecule has 2 aliphatic carbocycles. The normalized spacial score (nSPS) is 23.5. The van der Waals surface area contributed by atoms with Gasteiger partial charge in [0.15, 0.2) is 0 Å². The average Bonchev–Trinajstić information content (AvgIpc) is 3.64. The quantitative estimate of drug-likeness (QED) is 0.233. The van der Waals surface area contributed by atoms with E-state index < -0.39 is 5.60 Å². The van der Waals surface area contributed by atoms with E-state index in [4.69, 9.17) is 19.4 Å². The number of anilines is 1. The molecule has 2 saturated carbocycles. The molecule has 51 heavy (non-hydrogen) atoms. The first-order chi connectivity index (χ1) is 24.5. The Morgan fingerprint density at radius 1 is 1.00 bits per heavy atom. The van der Waals surface area contributed by atoms with Gasteiger partial charge in [0, 0.05) is 61.2 Å². The molecule has 0 unspecified atom stereocenters. The first-order valence-electron chi connectivity index (χ1n) is 19.0. The molecule has 4 heterocycles. The third-order valence-electron chi connectivity index (χ3n) is 11.5. The van der Waals surface area contributed by atoms with E-state index in [1.807, 2.05) is 47.8 Å². The molecule has 3 aromatic rings. The average molecular weight is 701 g/mol. The van der Waals surface area contributed by atoms with Gasteiger partial charge in [0.2, 0.25) is 5.91 Å². The summed E-state index contributed by atoms with van der Waals surface area (Å²) in [7, 11) is 1.68.